The number of rotatable bonds is 4. The van der Waals surface area contributed by atoms with Crippen LogP contribution in [-0.4, -0.2) is 50.5 Å². The molecule has 108 valence electrons. The normalized spacial score (nSPS) is 15.8. The third-order valence-electron chi connectivity index (χ3n) is 3.55. The second-order valence-corrected chi connectivity index (χ2v) is 5.62. The second kappa shape index (κ2) is 9.87. The zero-order chi connectivity index (χ0) is 12.7. The molecule has 0 aromatic rings. The van der Waals surface area contributed by atoms with Crippen molar-refractivity contribution < 1.29 is 0 Å². The zero-order valence-corrected chi connectivity index (χ0v) is 14.8. The topological polar surface area (TPSA) is 18.8 Å². The molecule has 1 rings (SSSR count). The summed E-state index contributed by atoms with van der Waals surface area (Å²) in [5.41, 5.74) is 0. The predicted molar refractivity (Wildman–Crippen MR) is 90.9 cm³/mol. The van der Waals surface area contributed by atoms with Gasteiger partial charge in [-0.05, 0) is 18.8 Å². The summed E-state index contributed by atoms with van der Waals surface area (Å²) >= 11 is 0. The van der Waals surface area contributed by atoms with Gasteiger partial charge in [0.2, 0.25) is 0 Å². The van der Waals surface area contributed by atoms with Crippen LogP contribution in [0.4, 0.5) is 0 Å². The van der Waals surface area contributed by atoms with Gasteiger partial charge in [-0.1, -0.05) is 32.1 Å². The van der Waals surface area contributed by atoms with E-state index in [-0.39, 0.29) is 24.0 Å². The van der Waals surface area contributed by atoms with Gasteiger partial charge in [0.15, 0.2) is 5.96 Å². The molecule has 4 heteroatoms. The van der Waals surface area contributed by atoms with E-state index in [1.165, 1.54) is 44.9 Å². The molecule has 0 N–H and O–H groups in total. The molecule has 0 amide bonds. The molecule has 1 aliphatic rings. The lowest BCUT2D eigenvalue weighted by atomic mass is 9.86. The molecule has 0 radical (unpaired) electrons. The summed E-state index contributed by atoms with van der Waals surface area (Å²) in [6.45, 7) is 0.974. The molecule has 0 aliphatic heterocycles. The number of nitrogens with zero attached hydrogens (tertiary/aromatic N) is 3. The smallest absolute Gasteiger partial charge is 0.195 e. The number of aliphatic imine (C=N–C) groups is 1. The molecule has 0 saturated heterocycles. The maximum Gasteiger partial charge on any atom is 0.195 e. The quantitative estimate of drug-likeness (QED) is 0.328. The van der Waals surface area contributed by atoms with E-state index in [1.807, 2.05) is 0 Å². The highest BCUT2D eigenvalue weighted by atomic mass is 127. The van der Waals surface area contributed by atoms with Gasteiger partial charge in [0.25, 0.3) is 0 Å². The van der Waals surface area contributed by atoms with Crippen LogP contribution in [0.15, 0.2) is 4.99 Å². The van der Waals surface area contributed by atoms with Crippen molar-refractivity contribution in [2.75, 3.05) is 34.7 Å². The van der Waals surface area contributed by atoms with E-state index in [0.29, 0.717) is 0 Å². The van der Waals surface area contributed by atoms with Crippen LogP contribution in [0.1, 0.15) is 44.9 Å². The Labute approximate surface area is 130 Å². The van der Waals surface area contributed by atoms with E-state index in [4.69, 9.17) is 0 Å². The molecule has 0 heterocycles. The van der Waals surface area contributed by atoms with Crippen molar-refractivity contribution in [2.24, 2.45) is 10.9 Å². The van der Waals surface area contributed by atoms with Crippen LogP contribution in [0.2, 0.25) is 0 Å². The maximum absolute atomic E-state index is 4.68. The van der Waals surface area contributed by atoms with Crippen LogP contribution in [-0.2, 0) is 0 Å². The second-order valence-electron chi connectivity index (χ2n) is 5.62. The number of halogens is 1. The van der Waals surface area contributed by atoms with E-state index < -0.39 is 0 Å². The van der Waals surface area contributed by atoms with Crippen LogP contribution >= 0.6 is 24.0 Å². The Kier molecular flexibility index (Phi) is 9.87. The van der Waals surface area contributed by atoms with Crippen LogP contribution in [0, 0.1) is 5.92 Å². The molecule has 1 fully saturated rings. The highest BCUT2D eigenvalue weighted by Crippen LogP contribution is 2.27. The molecule has 0 aromatic heterocycles. The van der Waals surface area contributed by atoms with Gasteiger partial charge >= 0.3 is 0 Å². The molecule has 1 aliphatic carbocycles. The first-order chi connectivity index (χ1) is 8.11. The summed E-state index contributed by atoms with van der Waals surface area (Å²) in [4.78, 5) is 8.84. The highest BCUT2D eigenvalue weighted by Gasteiger charge is 2.12. The Bertz CT molecular complexity index is 223. The Morgan fingerprint density at radius 3 is 2.06 bits per heavy atom. The molecule has 18 heavy (non-hydrogen) atoms. The average molecular weight is 367 g/mol. The average Bonchev–Trinajstić information content (AvgIpc) is 2.29. The Balaban J connectivity index is 0.00000289. The summed E-state index contributed by atoms with van der Waals surface area (Å²) < 4.78 is 0. The molecular formula is C14H30IN3. The van der Waals surface area contributed by atoms with Crippen molar-refractivity contribution in [1.29, 1.82) is 0 Å². The lowest BCUT2D eigenvalue weighted by molar-refractivity contribution is 0.333. The maximum atomic E-state index is 4.68. The SMILES string of the molecule is CN(C)C(=NCCCC1CCCCC1)N(C)C.I. The standard InChI is InChI=1S/C14H29N3.HI/c1-16(2)14(17(3)4)15-12-8-11-13-9-6-5-7-10-13;/h13H,5-12H2,1-4H3;1H. The number of hydrogen-bond donors (Lipinski definition) is 0. The monoisotopic (exact) mass is 367 g/mol. The minimum absolute atomic E-state index is 0. The van der Waals surface area contributed by atoms with E-state index in [1.54, 1.807) is 0 Å². The lowest BCUT2D eigenvalue weighted by Gasteiger charge is -2.23. The molecule has 0 unspecified atom stereocenters. The molecule has 0 atom stereocenters. The largest absolute Gasteiger partial charge is 0.349 e. The predicted octanol–water partition coefficient (Wildman–Crippen LogP) is 3.44. The molecule has 1 saturated carbocycles. The zero-order valence-electron chi connectivity index (χ0n) is 12.5. The minimum atomic E-state index is 0. The number of guanidine groups is 1. The van der Waals surface area contributed by atoms with Crippen molar-refractivity contribution in [1.82, 2.24) is 9.80 Å². The van der Waals surface area contributed by atoms with Crippen LogP contribution in [0.5, 0.6) is 0 Å². The van der Waals surface area contributed by atoms with E-state index in [9.17, 15) is 0 Å². The van der Waals surface area contributed by atoms with Crippen molar-refractivity contribution in [2.45, 2.75) is 44.9 Å². The van der Waals surface area contributed by atoms with Crippen LogP contribution in [0.3, 0.4) is 0 Å². The fourth-order valence-corrected chi connectivity index (χ4v) is 2.72. The first kappa shape index (κ1) is 18.0. The van der Waals surface area contributed by atoms with E-state index >= 15 is 0 Å². The van der Waals surface area contributed by atoms with Gasteiger partial charge in [-0.25, -0.2) is 0 Å². The van der Waals surface area contributed by atoms with Gasteiger partial charge in [0.05, 0.1) is 0 Å². The summed E-state index contributed by atoms with van der Waals surface area (Å²) in [6.07, 6.45) is 9.90. The Morgan fingerprint density at radius 2 is 1.56 bits per heavy atom. The molecule has 3 nitrogen and oxygen atoms in total. The summed E-state index contributed by atoms with van der Waals surface area (Å²) in [5.74, 6) is 2.06. The molecule has 0 aromatic carbocycles. The van der Waals surface area contributed by atoms with Crippen molar-refractivity contribution in [3.8, 4) is 0 Å². The fourth-order valence-electron chi connectivity index (χ4n) is 2.72. The van der Waals surface area contributed by atoms with Gasteiger partial charge in [-0.2, -0.15) is 0 Å². The van der Waals surface area contributed by atoms with Gasteiger partial charge in [-0.3, -0.25) is 4.99 Å². The van der Waals surface area contributed by atoms with Crippen molar-refractivity contribution in [3.63, 3.8) is 0 Å². The highest BCUT2D eigenvalue weighted by molar-refractivity contribution is 14.0. The van der Waals surface area contributed by atoms with Crippen molar-refractivity contribution >= 4 is 29.9 Å². The first-order valence-electron chi connectivity index (χ1n) is 7.00. The van der Waals surface area contributed by atoms with E-state index in [2.05, 4.69) is 43.0 Å². The van der Waals surface area contributed by atoms with Gasteiger partial charge in [0.1, 0.15) is 0 Å². The van der Waals surface area contributed by atoms with Crippen molar-refractivity contribution in [3.05, 3.63) is 0 Å². The third kappa shape index (κ3) is 6.81. The van der Waals surface area contributed by atoms with Crippen LogP contribution < -0.4 is 0 Å². The van der Waals surface area contributed by atoms with Crippen LogP contribution in [0.25, 0.3) is 0 Å². The Morgan fingerprint density at radius 1 is 1.00 bits per heavy atom. The minimum Gasteiger partial charge on any atom is -0.349 e. The van der Waals surface area contributed by atoms with Gasteiger partial charge in [0, 0.05) is 34.7 Å². The third-order valence-corrected chi connectivity index (χ3v) is 3.55. The molecule has 0 spiro atoms. The first-order valence-corrected chi connectivity index (χ1v) is 7.00. The van der Waals surface area contributed by atoms with Gasteiger partial charge < -0.3 is 9.80 Å². The summed E-state index contributed by atoms with van der Waals surface area (Å²) in [5, 5.41) is 0. The molecule has 0 bridgehead atoms. The summed E-state index contributed by atoms with van der Waals surface area (Å²) in [6, 6.07) is 0. The molecular weight excluding hydrogens is 337 g/mol. The van der Waals surface area contributed by atoms with E-state index in [0.717, 1.165) is 18.4 Å². The Hall–Kier alpha value is 0. The van der Waals surface area contributed by atoms with Gasteiger partial charge in [-0.15, -0.1) is 24.0 Å². The fraction of sp³-hybridized carbons (Fsp3) is 0.929. The lowest BCUT2D eigenvalue weighted by Crippen LogP contribution is -2.35. The summed E-state index contributed by atoms with van der Waals surface area (Å²) in [7, 11) is 8.22. The number of hydrogen-bond acceptors (Lipinski definition) is 1.